The highest BCUT2D eigenvalue weighted by Crippen LogP contribution is 2.29. The van der Waals surface area contributed by atoms with E-state index in [0.29, 0.717) is 17.8 Å². The number of piperidine rings is 1. The number of nitrogens with zero attached hydrogens (tertiary/aromatic N) is 1. The molecule has 0 aromatic heterocycles. The molecule has 1 unspecified atom stereocenters. The summed E-state index contributed by atoms with van der Waals surface area (Å²) in [6.45, 7) is 5.85. The van der Waals surface area contributed by atoms with Gasteiger partial charge in [-0.15, -0.1) is 0 Å². The number of carbonyl (C=O) groups is 5. The molecule has 0 spiro atoms. The van der Waals surface area contributed by atoms with Gasteiger partial charge in [0.2, 0.25) is 11.8 Å². The fraction of sp³-hybridized carbons (Fsp3) is 0.320. The molecule has 4 rings (SSSR count). The molecule has 0 radical (unpaired) electrons. The summed E-state index contributed by atoms with van der Waals surface area (Å²) in [5.41, 5.74) is 1.84. The van der Waals surface area contributed by atoms with Crippen LogP contribution in [-0.2, 0) is 20.9 Å². The molecule has 9 nitrogen and oxygen atoms in total. The van der Waals surface area contributed by atoms with Crippen LogP contribution in [0, 0.1) is 0 Å². The highest BCUT2D eigenvalue weighted by atomic mass is 16.6. The third-order valence-corrected chi connectivity index (χ3v) is 5.52. The molecule has 9 heteroatoms. The molecule has 4 amide bonds. The van der Waals surface area contributed by atoms with E-state index in [9.17, 15) is 24.0 Å². The average molecular weight is 463 g/mol. The van der Waals surface area contributed by atoms with E-state index in [4.69, 9.17) is 4.74 Å². The zero-order chi connectivity index (χ0) is 24.6. The van der Waals surface area contributed by atoms with Gasteiger partial charge in [0, 0.05) is 18.7 Å². The Balaban J connectivity index is 1.43. The maximum atomic E-state index is 12.9. The van der Waals surface area contributed by atoms with Gasteiger partial charge < -0.3 is 10.1 Å². The van der Waals surface area contributed by atoms with Crippen molar-refractivity contribution in [1.82, 2.24) is 10.2 Å². The van der Waals surface area contributed by atoms with Crippen molar-refractivity contribution in [3.05, 3.63) is 64.7 Å². The number of hydrogen-bond acceptors (Lipinski definition) is 7. The lowest BCUT2D eigenvalue weighted by Crippen LogP contribution is -2.54. The molecule has 1 saturated heterocycles. The normalized spacial score (nSPS) is 18.0. The van der Waals surface area contributed by atoms with Crippen LogP contribution in [0.15, 0.2) is 42.5 Å². The number of hydrogen-bond donors (Lipinski definition) is 2. The molecule has 1 fully saturated rings. The van der Waals surface area contributed by atoms with Crippen molar-refractivity contribution in [2.45, 2.75) is 51.8 Å². The van der Waals surface area contributed by atoms with Gasteiger partial charge in [0.05, 0.1) is 16.7 Å². The second kappa shape index (κ2) is 8.74. The Morgan fingerprint density at radius 3 is 2.35 bits per heavy atom. The van der Waals surface area contributed by atoms with E-state index in [1.54, 1.807) is 42.5 Å². The minimum atomic E-state index is -0.995. The molecular weight excluding hydrogens is 438 g/mol. The molecule has 2 aromatic rings. The highest BCUT2D eigenvalue weighted by molar-refractivity contribution is 6.23. The molecule has 34 heavy (non-hydrogen) atoms. The van der Waals surface area contributed by atoms with E-state index in [1.807, 2.05) is 20.8 Å². The predicted octanol–water partition coefficient (Wildman–Crippen LogP) is 2.66. The van der Waals surface area contributed by atoms with Gasteiger partial charge >= 0.3 is 5.97 Å². The van der Waals surface area contributed by atoms with Gasteiger partial charge in [-0.05, 0) is 63.1 Å². The first kappa shape index (κ1) is 23.2. The predicted molar refractivity (Wildman–Crippen MR) is 122 cm³/mol. The Labute approximate surface area is 196 Å². The van der Waals surface area contributed by atoms with Gasteiger partial charge in [-0.25, -0.2) is 4.79 Å². The summed E-state index contributed by atoms with van der Waals surface area (Å²) < 4.78 is 5.36. The topological polar surface area (TPSA) is 122 Å². The molecule has 2 aliphatic rings. The summed E-state index contributed by atoms with van der Waals surface area (Å²) in [5, 5.41) is 5.38. The summed E-state index contributed by atoms with van der Waals surface area (Å²) in [7, 11) is 0. The molecule has 2 aromatic carbocycles. The summed E-state index contributed by atoms with van der Waals surface area (Å²) in [6, 6.07) is 10.8. The van der Waals surface area contributed by atoms with Gasteiger partial charge in [0.15, 0.2) is 0 Å². The van der Waals surface area contributed by atoms with Gasteiger partial charge in [-0.1, -0.05) is 12.1 Å². The van der Waals surface area contributed by atoms with Gasteiger partial charge in [0.25, 0.3) is 11.8 Å². The fourth-order valence-corrected chi connectivity index (χ4v) is 3.88. The second-order valence-electron chi connectivity index (χ2n) is 9.26. The number of nitrogens with one attached hydrogen (secondary N) is 2. The molecular formula is C25H25N3O6. The lowest BCUT2D eigenvalue weighted by molar-refractivity contribution is -0.136. The number of ether oxygens (including phenoxy) is 1. The number of amides is 4. The van der Waals surface area contributed by atoms with Crippen LogP contribution in [-0.4, -0.2) is 46.1 Å². The molecule has 1 atom stereocenters. The van der Waals surface area contributed by atoms with E-state index in [2.05, 4.69) is 10.6 Å². The number of imide groups is 2. The minimum Gasteiger partial charge on any atom is -0.456 e. The Kier molecular flexibility index (Phi) is 5.95. The van der Waals surface area contributed by atoms with Crippen molar-refractivity contribution < 1.29 is 28.7 Å². The van der Waals surface area contributed by atoms with E-state index in [1.165, 1.54) is 0 Å². The number of fused-ring (bicyclic) bond motifs is 1. The Hall–Kier alpha value is -4.01. The SMILES string of the molecule is CC(C)(C)OC(=O)c1ccc(CNc2ccc3c(c2)C(=O)N(C2CCC(=O)NC2=O)C3=O)cc1. The third kappa shape index (κ3) is 4.68. The highest BCUT2D eigenvalue weighted by Gasteiger charge is 2.44. The van der Waals surface area contributed by atoms with Crippen molar-refractivity contribution >= 4 is 35.3 Å². The largest absolute Gasteiger partial charge is 0.456 e. The van der Waals surface area contributed by atoms with Crippen molar-refractivity contribution in [2.24, 2.45) is 0 Å². The smallest absolute Gasteiger partial charge is 0.338 e. The maximum Gasteiger partial charge on any atom is 0.338 e. The van der Waals surface area contributed by atoms with E-state index < -0.39 is 41.2 Å². The Morgan fingerprint density at radius 1 is 1.03 bits per heavy atom. The standard InChI is InChI=1S/C25H25N3O6/c1-25(2,3)34-24(33)15-6-4-14(5-7-15)13-26-16-8-9-17-18(12-16)23(32)28(22(17)31)19-10-11-20(29)27-21(19)30/h4-9,12,19,26H,10-11,13H2,1-3H3,(H,27,29,30). The van der Waals surface area contributed by atoms with E-state index in [0.717, 1.165) is 10.5 Å². The van der Waals surface area contributed by atoms with E-state index >= 15 is 0 Å². The molecule has 176 valence electrons. The van der Waals surface area contributed by atoms with Crippen molar-refractivity contribution in [1.29, 1.82) is 0 Å². The van der Waals surface area contributed by atoms with Crippen LogP contribution in [0.4, 0.5) is 5.69 Å². The summed E-state index contributed by atoms with van der Waals surface area (Å²) in [4.78, 5) is 62.4. The number of carbonyl (C=O) groups excluding carboxylic acids is 5. The van der Waals surface area contributed by atoms with Crippen molar-refractivity contribution in [3.8, 4) is 0 Å². The number of benzene rings is 2. The van der Waals surface area contributed by atoms with Gasteiger partial charge in [-0.2, -0.15) is 0 Å². The van der Waals surface area contributed by atoms with Crippen LogP contribution in [0.3, 0.4) is 0 Å². The number of anilines is 1. The number of rotatable bonds is 5. The fourth-order valence-electron chi connectivity index (χ4n) is 3.88. The summed E-state index contributed by atoms with van der Waals surface area (Å²) in [5.74, 6) is -2.55. The maximum absolute atomic E-state index is 12.9. The third-order valence-electron chi connectivity index (χ3n) is 5.52. The van der Waals surface area contributed by atoms with Crippen LogP contribution in [0.2, 0.25) is 0 Å². The van der Waals surface area contributed by atoms with Crippen LogP contribution in [0.25, 0.3) is 0 Å². The number of esters is 1. The van der Waals surface area contributed by atoms with Crippen LogP contribution < -0.4 is 10.6 Å². The quantitative estimate of drug-likeness (QED) is 0.516. The summed E-state index contributed by atoms with van der Waals surface area (Å²) in [6.07, 6.45) is 0.184. The van der Waals surface area contributed by atoms with Gasteiger partial charge in [0.1, 0.15) is 11.6 Å². The Morgan fingerprint density at radius 2 is 1.71 bits per heavy atom. The van der Waals surface area contributed by atoms with Crippen LogP contribution in [0.1, 0.15) is 70.3 Å². The average Bonchev–Trinajstić information content (AvgIpc) is 3.01. The molecule has 2 N–H and O–H groups in total. The first-order valence-electron chi connectivity index (χ1n) is 11.0. The zero-order valence-corrected chi connectivity index (χ0v) is 19.1. The molecule has 0 aliphatic carbocycles. The van der Waals surface area contributed by atoms with E-state index in [-0.39, 0.29) is 24.0 Å². The van der Waals surface area contributed by atoms with Crippen molar-refractivity contribution in [2.75, 3.05) is 5.32 Å². The monoisotopic (exact) mass is 463 g/mol. The lowest BCUT2D eigenvalue weighted by Gasteiger charge is -2.27. The zero-order valence-electron chi connectivity index (χ0n) is 19.1. The van der Waals surface area contributed by atoms with Crippen LogP contribution in [0.5, 0.6) is 0 Å². The Bertz CT molecular complexity index is 1200. The van der Waals surface area contributed by atoms with Crippen LogP contribution >= 0.6 is 0 Å². The molecule has 2 aliphatic heterocycles. The molecule has 0 saturated carbocycles. The molecule has 0 bridgehead atoms. The minimum absolute atomic E-state index is 0.0728. The second-order valence-corrected chi connectivity index (χ2v) is 9.26. The first-order chi connectivity index (χ1) is 16.0. The lowest BCUT2D eigenvalue weighted by atomic mass is 10.0. The summed E-state index contributed by atoms with van der Waals surface area (Å²) >= 11 is 0. The van der Waals surface area contributed by atoms with Gasteiger partial charge in [-0.3, -0.25) is 29.4 Å². The first-order valence-corrected chi connectivity index (χ1v) is 11.0. The van der Waals surface area contributed by atoms with Crippen molar-refractivity contribution in [3.63, 3.8) is 0 Å². The molecule has 2 heterocycles.